The predicted octanol–water partition coefficient (Wildman–Crippen LogP) is 3.86. The molecule has 2 rings (SSSR count). The van der Waals surface area contributed by atoms with E-state index in [1.54, 1.807) is 12.1 Å². The molecule has 0 bridgehead atoms. The summed E-state index contributed by atoms with van der Waals surface area (Å²) < 4.78 is 0. The molecule has 1 saturated carbocycles. The van der Waals surface area contributed by atoms with E-state index in [1.807, 2.05) is 0 Å². The van der Waals surface area contributed by atoms with Crippen LogP contribution < -0.4 is 0 Å². The summed E-state index contributed by atoms with van der Waals surface area (Å²) >= 11 is 0. The molecule has 1 aliphatic rings. The van der Waals surface area contributed by atoms with Gasteiger partial charge in [0.1, 0.15) is 0 Å². The smallest absolute Gasteiger partial charge is 0.269 e. The first-order valence-corrected chi connectivity index (χ1v) is 7.56. The maximum atomic E-state index is 10.6. The number of nitrogens with zero attached hydrogens (tertiary/aromatic N) is 1. The van der Waals surface area contributed by atoms with Crippen molar-refractivity contribution in [1.29, 1.82) is 0 Å². The number of non-ortho nitro benzene ring substituents is 1. The summed E-state index contributed by atoms with van der Waals surface area (Å²) in [6.45, 7) is 0. The summed E-state index contributed by atoms with van der Waals surface area (Å²) in [5.74, 6) is 0.787. The molecule has 110 valence electrons. The van der Waals surface area contributed by atoms with Gasteiger partial charge in [-0.25, -0.2) is 0 Å². The predicted molar refractivity (Wildman–Crippen MR) is 78.6 cm³/mol. The standard InChI is InChI=1S/C16H23NO3/c18-16(11-8-13-4-2-1-3-5-13)12-14-6-9-15(10-7-14)17(19)20/h6-7,9-10,13,16,18H,1-5,8,11-12H2. The van der Waals surface area contributed by atoms with Crippen molar-refractivity contribution in [2.45, 2.75) is 57.5 Å². The molecule has 1 fully saturated rings. The van der Waals surface area contributed by atoms with Gasteiger partial charge in [0, 0.05) is 12.1 Å². The molecule has 0 amide bonds. The Kier molecular flexibility index (Phi) is 5.53. The summed E-state index contributed by atoms with van der Waals surface area (Å²) in [6, 6.07) is 6.48. The van der Waals surface area contributed by atoms with E-state index in [2.05, 4.69) is 0 Å². The fourth-order valence-corrected chi connectivity index (χ4v) is 3.03. The SMILES string of the molecule is O=[N+]([O-])c1ccc(CC(O)CCC2CCCCC2)cc1. The molecule has 1 N–H and O–H groups in total. The lowest BCUT2D eigenvalue weighted by atomic mass is 9.85. The minimum Gasteiger partial charge on any atom is -0.393 e. The van der Waals surface area contributed by atoms with Gasteiger partial charge in [0.05, 0.1) is 11.0 Å². The minimum absolute atomic E-state index is 0.102. The summed E-state index contributed by atoms with van der Waals surface area (Å²) in [7, 11) is 0. The molecule has 0 radical (unpaired) electrons. The topological polar surface area (TPSA) is 63.4 Å². The number of nitro groups is 1. The van der Waals surface area contributed by atoms with Gasteiger partial charge in [0.2, 0.25) is 0 Å². The molecule has 1 aromatic carbocycles. The molecule has 0 heterocycles. The van der Waals surface area contributed by atoms with Crippen LogP contribution in [0.15, 0.2) is 24.3 Å². The van der Waals surface area contributed by atoms with Crippen LogP contribution in [0.1, 0.15) is 50.5 Å². The first kappa shape index (κ1) is 15.0. The van der Waals surface area contributed by atoms with Crippen molar-refractivity contribution in [2.75, 3.05) is 0 Å². The van der Waals surface area contributed by atoms with Crippen molar-refractivity contribution < 1.29 is 10.0 Å². The third kappa shape index (κ3) is 4.60. The third-order valence-corrected chi connectivity index (χ3v) is 4.25. The average molecular weight is 277 g/mol. The lowest BCUT2D eigenvalue weighted by molar-refractivity contribution is -0.384. The second-order valence-corrected chi connectivity index (χ2v) is 5.86. The molecule has 0 aromatic heterocycles. The van der Waals surface area contributed by atoms with Crippen LogP contribution >= 0.6 is 0 Å². The highest BCUT2D eigenvalue weighted by Gasteiger charge is 2.15. The molecule has 1 aromatic rings. The molecule has 20 heavy (non-hydrogen) atoms. The molecule has 0 saturated heterocycles. The number of hydrogen-bond donors (Lipinski definition) is 1. The Morgan fingerprint density at radius 2 is 1.85 bits per heavy atom. The lowest BCUT2D eigenvalue weighted by Gasteiger charge is -2.22. The van der Waals surface area contributed by atoms with Gasteiger partial charge in [-0.05, 0) is 30.7 Å². The van der Waals surface area contributed by atoms with Gasteiger partial charge in [-0.1, -0.05) is 44.2 Å². The molecular weight excluding hydrogens is 254 g/mol. The Hall–Kier alpha value is -1.42. The first-order chi connectivity index (χ1) is 9.65. The zero-order valence-corrected chi connectivity index (χ0v) is 11.8. The molecule has 4 nitrogen and oxygen atoms in total. The van der Waals surface area contributed by atoms with E-state index < -0.39 is 4.92 Å². The second-order valence-electron chi connectivity index (χ2n) is 5.86. The van der Waals surface area contributed by atoms with E-state index in [9.17, 15) is 15.2 Å². The van der Waals surface area contributed by atoms with E-state index in [0.717, 1.165) is 24.3 Å². The Balaban J connectivity index is 1.75. The van der Waals surface area contributed by atoms with Crippen LogP contribution in [0.3, 0.4) is 0 Å². The van der Waals surface area contributed by atoms with Gasteiger partial charge in [0.25, 0.3) is 5.69 Å². The number of rotatable bonds is 6. The molecule has 1 atom stereocenters. The number of aliphatic hydroxyl groups is 1. The number of nitro benzene ring substituents is 1. The van der Waals surface area contributed by atoms with Crippen molar-refractivity contribution in [3.8, 4) is 0 Å². The van der Waals surface area contributed by atoms with Crippen molar-refractivity contribution >= 4 is 5.69 Å². The molecular formula is C16H23NO3. The molecule has 0 aliphatic heterocycles. The van der Waals surface area contributed by atoms with Crippen LogP contribution in [-0.2, 0) is 6.42 Å². The van der Waals surface area contributed by atoms with Gasteiger partial charge in [-0.2, -0.15) is 0 Å². The largest absolute Gasteiger partial charge is 0.393 e. The van der Waals surface area contributed by atoms with Crippen molar-refractivity contribution in [3.63, 3.8) is 0 Å². The van der Waals surface area contributed by atoms with E-state index in [4.69, 9.17) is 0 Å². The summed E-state index contributed by atoms with van der Waals surface area (Å²) in [6.07, 6.45) is 8.85. The Bertz CT molecular complexity index is 424. The fourth-order valence-electron chi connectivity index (χ4n) is 3.03. The van der Waals surface area contributed by atoms with E-state index in [1.165, 1.54) is 44.2 Å². The Morgan fingerprint density at radius 3 is 2.45 bits per heavy atom. The first-order valence-electron chi connectivity index (χ1n) is 7.56. The zero-order chi connectivity index (χ0) is 14.4. The quantitative estimate of drug-likeness (QED) is 0.634. The van der Waals surface area contributed by atoms with Crippen LogP contribution in [0, 0.1) is 16.0 Å². The van der Waals surface area contributed by atoms with Gasteiger partial charge in [-0.15, -0.1) is 0 Å². The van der Waals surface area contributed by atoms with Crippen molar-refractivity contribution in [2.24, 2.45) is 5.92 Å². The number of benzene rings is 1. The van der Waals surface area contributed by atoms with Crippen LogP contribution in [0.2, 0.25) is 0 Å². The summed E-state index contributed by atoms with van der Waals surface area (Å²) in [5, 5.41) is 20.6. The molecule has 1 aliphatic carbocycles. The summed E-state index contributed by atoms with van der Waals surface area (Å²) in [4.78, 5) is 10.2. The average Bonchev–Trinajstić information content (AvgIpc) is 2.47. The number of hydrogen-bond acceptors (Lipinski definition) is 3. The normalized spacial score (nSPS) is 17.9. The van der Waals surface area contributed by atoms with Gasteiger partial charge in [-0.3, -0.25) is 10.1 Å². The van der Waals surface area contributed by atoms with E-state index in [-0.39, 0.29) is 11.8 Å². The van der Waals surface area contributed by atoms with Gasteiger partial charge >= 0.3 is 0 Å². The Labute approximate surface area is 120 Å². The minimum atomic E-state index is -0.400. The highest BCUT2D eigenvalue weighted by Crippen LogP contribution is 2.28. The van der Waals surface area contributed by atoms with Crippen molar-refractivity contribution in [1.82, 2.24) is 0 Å². The summed E-state index contributed by atoms with van der Waals surface area (Å²) in [5.41, 5.74) is 1.07. The third-order valence-electron chi connectivity index (χ3n) is 4.25. The highest BCUT2D eigenvalue weighted by molar-refractivity contribution is 5.33. The van der Waals surface area contributed by atoms with E-state index in [0.29, 0.717) is 6.42 Å². The van der Waals surface area contributed by atoms with Gasteiger partial charge < -0.3 is 5.11 Å². The highest BCUT2D eigenvalue weighted by atomic mass is 16.6. The van der Waals surface area contributed by atoms with Crippen LogP contribution in [0.25, 0.3) is 0 Å². The second kappa shape index (κ2) is 7.39. The van der Waals surface area contributed by atoms with E-state index >= 15 is 0 Å². The molecule has 1 unspecified atom stereocenters. The molecule has 4 heteroatoms. The maximum Gasteiger partial charge on any atom is 0.269 e. The van der Waals surface area contributed by atoms with Gasteiger partial charge in [0.15, 0.2) is 0 Å². The van der Waals surface area contributed by atoms with Crippen molar-refractivity contribution in [3.05, 3.63) is 39.9 Å². The zero-order valence-electron chi connectivity index (χ0n) is 11.8. The van der Waals surface area contributed by atoms with Crippen LogP contribution in [0.5, 0.6) is 0 Å². The lowest BCUT2D eigenvalue weighted by Crippen LogP contribution is -2.14. The number of aliphatic hydroxyl groups excluding tert-OH is 1. The molecule has 0 spiro atoms. The maximum absolute atomic E-state index is 10.6. The van der Waals surface area contributed by atoms with Crippen LogP contribution in [-0.4, -0.2) is 16.1 Å². The fraction of sp³-hybridized carbons (Fsp3) is 0.625. The van der Waals surface area contributed by atoms with Crippen LogP contribution in [0.4, 0.5) is 5.69 Å². The Morgan fingerprint density at radius 1 is 1.20 bits per heavy atom. The monoisotopic (exact) mass is 277 g/mol.